The van der Waals surface area contributed by atoms with Gasteiger partial charge >= 0.3 is 0 Å². The molecule has 1 aromatic carbocycles. The summed E-state index contributed by atoms with van der Waals surface area (Å²) in [6.07, 6.45) is 3.53. The number of rotatable bonds is 1. The van der Waals surface area contributed by atoms with Crippen LogP contribution in [0.25, 0.3) is 5.57 Å². The van der Waals surface area contributed by atoms with Gasteiger partial charge in [-0.1, -0.05) is 30.3 Å². The third-order valence-corrected chi connectivity index (χ3v) is 5.18. The molecule has 112 valence electrons. The van der Waals surface area contributed by atoms with Crippen LogP contribution in [-0.2, 0) is 9.59 Å². The first-order valence-electron chi connectivity index (χ1n) is 7.06. The normalized spacial score (nSPS) is 25.0. The van der Waals surface area contributed by atoms with Gasteiger partial charge in [0.15, 0.2) is 5.78 Å². The van der Waals surface area contributed by atoms with Crippen LogP contribution < -0.4 is 0 Å². The van der Waals surface area contributed by atoms with Crippen molar-refractivity contribution in [1.29, 1.82) is 0 Å². The van der Waals surface area contributed by atoms with Crippen molar-refractivity contribution in [2.45, 2.75) is 19.4 Å². The summed E-state index contributed by atoms with van der Waals surface area (Å²) >= 11 is 3.47. The molecule has 22 heavy (non-hydrogen) atoms. The molecule has 3 nitrogen and oxygen atoms in total. The van der Waals surface area contributed by atoms with Gasteiger partial charge in [-0.25, -0.2) is 0 Å². The van der Waals surface area contributed by atoms with E-state index in [2.05, 4.69) is 15.9 Å². The van der Waals surface area contributed by atoms with Crippen LogP contribution in [0.1, 0.15) is 19.4 Å². The van der Waals surface area contributed by atoms with Gasteiger partial charge in [0, 0.05) is 12.6 Å². The summed E-state index contributed by atoms with van der Waals surface area (Å²) in [5.41, 5.74) is 2.67. The van der Waals surface area contributed by atoms with E-state index in [1.165, 1.54) is 0 Å². The Morgan fingerprint density at radius 3 is 2.36 bits per heavy atom. The zero-order valence-electron chi connectivity index (χ0n) is 12.7. The van der Waals surface area contributed by atoms with Crippen molar-refractivity contribution in [3.8, 4) is 0 Å². The van der Waals surface area contributed by atoms with E-state index in [4.69, 9.17) is 0 Å². The molecular formula is C18H16BrNO2. The Bertz CT molecular complexity index is 774. The van der Waals surface area contributed by atoms with Crippen LogP contribution in [0.4, 0.5) is 0 Å². The average molecular weight is 358 g/mol. The van der Waals surface area contributed by atoms with Crippen molar-refractivity contribution in [3.63, 3.8) is 0 Å². The molecule has 1 heterocycles. The zero-order chi connectivity index (χ0) is 16.1. The van der Waals surface area contributed by atoms with Crippen LogP contribution in [0.15, 0.2) is 58.1 Å². The van der Waals surface area contributed by atoms with Gasteiger partial charge in [0.05, 0.1) is 4.48 Å². The number of hydrogen-bond donors (Lipinski definition) is 0. The van der Waals surface area contributed by atoms with E-state index in [1.54, 1.807) is 24.9 Å². The predicted molar refractivity (Wildman–Crippen MR) is 90.3 cm³/mol. The number of allylic oxidation sites excluding steroid dienone is 2. The molecule has 0 saturated heterocycles. The number of carbonyl (C=O) groups excluding carboxylic acids is 2. The van der Waals surface area contributed by atoms with Gasteiger partial charge in [0.2, 0.25) is 0 Å². The average Bonchev–Trinajstić information content (AvgIpc) is 2.69. The predicted octanol–water partition coefficient (Wildman–Crippen LogP) is 3.48. The first kappa shape index (κ1) is 15.0. The topological polar surface area (TPSA) is 37.4 Å². The number of likely N-dealkylation sites (N-methyl/N-ethyl adjacent to an activating group) is 1. The Balaban J connectivity index is 2.32. The van der Waals surface area contributed by atoms with Crippen molar-refractivity contribution in [3.05, 3.63) is 63.7 Å². The molecule has 0 bridgehead atoms. The lowest BCUT2D eigenvalue weighted by molar-refractivity contribution is -0.126. The van der Waals surface area contributed by atoms with Crippen LogP contribution >= 0.6 is 15.9 Å². The number of benzene rings is 1. The standard InChI is InChI=1S/C18H16BrNO2/c1-11-10-18(12(2)9-14(11)21)15(13-7-5-4-6-8-13)16(19)17(22)20(18)3/h4-10H,1-3H3. The van der Waals surface area contributed by atoms with E-state index in [0.29, 0.717) is 10.1 Å². The molecule has 3 rings (SSSR count). The van der Waals surface area contributed by atoms with Crippen molar-refractivity contribution in [2.24, 2.45) is 0 Å². The molecule has 0 saturated carbocycles. The highest BCUT2D eigenvalue weighted by atomic mass is 79.9. The Kier molecular flexibility index (Phi) is 3.44. The second-order valence-electron chi connectivity index (χ2n) is 5.70. The lowest BCUT2D eigenvalue weighted by Crippen LogP contribution is -2.46. The summed E-state index contributed by atoms with van der Waals surface area (Å²) in [5, 5.41) is 0. The van der Waals surface area contributed by atoms with Gasteiger partial charge in [-0.2, -0.15) is 0 Å². The smallest absolute Gasteiger partial charge is 0.262 e. The molecule has 4 heteroatoms. The van der Waals surface area contributed by atoms with E-state index in [9.17, 15) is 9.59 Å². The highest BCUT2D eigenvalue weighted by Gasteiger charge is 2.50. The second kappa shape index (κ2) is 5.06. The van der Waals surface area contributed by atoms with Gasteiger partial charge in [0.25, 0.3) is 5.91 Å². The molecule has 1 aliphatic carbocycles. The monoisotopic (exact) mass is 357 g/mol. The Morgan fingerprint density at radius 2 is 1.73 bits per heavy atom. The Morgan fingerprint density at radius 1 is 1.09 bits per heavy atom. The van der Waals surface area contributed by atoms with Crippen LogP contribution in [-0.4, -0.2) is 29.2 Å². The molecule has 0 N–H and O–H groups in total. The van der Waals surface area contributed by atoms with E-state index < -0.39 is 5.54 Å². The minimum absolute atomic E-state index is 0.000548. The molecule has 2 aliphatic rings. The molecule has 1 spiro atoms. The molecule has 0 aromatic heterocycles. The zero-order valence-corrected chi connectivity index (χ0v) is 14.3. The fourth-order valence-corrected chi connectivity index (χ4v) is 4.05. The summed E-state index contributed by atoms with van der Waals surface area (Å²) in [6.45, 7) is 3.69. The van der Waals surface area contributed by atoms with Crippen LogP contribution in [0.2, 0.25) is 0 Å². The summed E-state index contributed by atoms with van der Waals surface area (Å²) in [5.74, 6) is -0.0792. The number of amides is 1. The third-order valence-electron chi connectivity index (χ3n) is 4.45. The molecular weight excluding hydrogens is 342 g/mol. The van der Waals surface area contributed by atoms with Crippen molar-refractivity contribution in [2.75, 3.05) is 7.05 Å². The van der Waals surface area contributed by atoms with Gasteiger partial charge in [0.1, 0.15) is 5.54 Å². The number of hydrogen-bond acceptors (Lipinski definition) is 2. The maximum absolute atomic E-state index is 12.6. The maximum atomic E-state index is 12.6. The quantitative estimate of drug-likeness (QED) is 0.771. The van der Waals surface area contributed by atoms with Crippen LogP contribution in [0.3, 0.4) is 0 Å². The minimum Gasteiger partial charge on any atom is -0.324 e. The third kappa shape index (κ3) is 1.87. The lowest BCUT2D eigenvalue weighted by atomic mass is 9.75. The van der Waals surface area contributed by atoms with E-state index in [1.807, 2.05) is 43.3 Å². The largest absolute Gasteiger partial charge is 0.324 e. The van der Waals surface area contributed by atoms with Crippen LogP contribution in [0.5, 0.6) is 0 Å². The van der Waals surface area contributed by atoms with Gasteiger partial charge in [-0.15, -0.1) is 0 Å². The fraction of sp³-hybridized carbons (Fsp3) is 0.222. The fourth-order valence-electron chi connectivity index (χ4n) is 3.25. The van der Waals surface area contributed by atoms with Gasteiger partial charge < -0.3 is 4.90 Å². The molecule has 1 unspecified atom stereocenters. The molecule has 0 radical (unpaired) electrons. The summed E-state index contributed by atoms with van der Waals surface area (Å²) in [7, 11) is 1.77. The summed E-state index contributed by atoms with van der Waals surface area (Å²) in [6, 6.07) is 9.81. The molecule has 0 fully saturated rings. The van der Waals surface area contributed by atoms with Crippen molar-refractivity contribution in [1.82, 2.24) is 4.90 Å². The van der Waals surface area contributed by atoms with Gasteiger partial charge in [-0.05, 0) is 58.6 Å². The van der Waals surface area contributed by atoms with Crippen LogP contribution in [0, 0.1) is 0 Å². The number of halogens is 1. The molecule has 1 amide bonds. The number of carbonyl (C=O) groups is 2. The summed E-state index contributed by atoms with van der Waals surface area (Å²) < 4.78 is 0.548. The Labute approximate surface area is 138 Å². The summed E-state index contributed by atoms with van der Waals surface area (Å²) in [4.78, 5) is 26.3. The molecule has 1 aliphatic heterocycles. The Hall–Kier alpha value is -1.94. The second-order valence-corrected chi connectivity index (χ2v) is 6.50. The van der Waals surface area contributed by atoms with Crippen molar-refractivity contribution >= 4 is 33.2 Å². The number of nitrogens with zero attached hydrogens (tertiary/aromatic N) is 1. The molecule has 1 aromatic rings. The minimum atomic E-state index is -0.699. The highest BCUT2D eigenvalue weighted by Crippen LogP contribution is 2.49. The first-order valence-corrected chi connectivity index (χ1v) is 7.85. The number of ketones is 1. The maximum Gasteiger partial charge on any atom is 0.262 e. The lowest BCUT2D eigenvalue weighted by Gasteiger charge is -2.39. The highest BCUT2D eigenvalue weighted by molar-refractivity contribution is 9.12. The first-order chi connectivity index (χ1) is 10.4. The van der Waals surface area contributed by atoms with E-state index in [-0.39, 0.29) is 11.7 Å². The van der Waals surface area contributed by atoms with Crippen molar-refractivity contribution < 1.29 is 9.59 Å². The molecule has 1 atom stereocenters. The van der Waals surface area contributed by atoms with Gasteiger partial charge in [-0.3, -0.25) is 9.59 Å². The van der Waals surface area contributed by atoms with E-state index >= 15 is 0 Å². The van der Waals surface area contributed by atoms with E-state index in [0.717, 1.165) is 16.7 Å². The SMILES string of the molecule is CC1=CC2(C(C)=CC1=O)C(c1ccccc1)=C(Br)C(=O)N2C.